The van der Waals surface area contributed by atoms with E-state index in [1.54, 1.807) is 0 Å². The maximum Gasteiger partial charge on any atom is 0.155 e. The van der Waals surface area contributed by atoms with E-state index in [2.05, 4.69) is 48.5 Å². The molecule has 0 saturated heterocycles. The molecule has 0 aliphatic heterocycles. The molecule has 1 fully saturated rings. The van der Waals surface area contributed by atoms with Crippen LogP contribution in [0.2, 0.25) is 0 Å². The molecule has 28 heavy (non-hydrogen) atoms. The average molecular weight is 399 g/mol. The standard InChI is InChI=1S/C25H34O2S/c1-25(2,3)28(26,27)19-22-13-11-20(12-14-22)9-10-21-15-17-24(18-16-21)23-7-5-4-6-8-23/h4-8,15-18,20,22H,9-14,19H2,1-3H3. The lowest BCUT2D eigenvalue weighted by Crippen LogP contribution is -2.34. The van der Waals surface area contributed by atoms with Gasteiger partial charge in [-0.05, 0) is 75.0 Å². The van der Waals surface area contributed by atoms with Crippen LogP contribution in [0.25, 0.3) is 11.1 Å². The zero-order valence-corrected chi connectivity index (χ0v) is 18.3. The molecule has 2 aromatic rings. The largest absolute Gasteiger partial charge is 0.228 e. The Bertz CT molecular complexity index is 838. The van der Waals surface area contributed by atoms with Crippen molar-refractivity contribution in [1.29, 1.82) is 0 Å². The van der Waals surface area contributed by atoms with E-state index < -0.39 is 14.6 Å². The zero-order valence-electron chi connectivity index (χ0n) is 17.5. The molecular formula is C25H34O2S. The SMILES string of the molecule is CC(C)(C)S(=O)(=O)CC1CCC(CCc2ccc(-c3ccccc3)cc2)CC1. The van der Waals surface area contributed by atoms with Gasteiger partial charge < -0.3 is 0 Å². The fourth-order valence-electron chi connectivity index (χ4n) is 4.11. The van der Waals surface area contributed by atoms with E-state index in [4.69, 9.17) is 0 Å². The second-order valence-electron chi connectivity index (χ2n) is 9.38. The lowest BCUT2D eigenvalue weighted by molar-refractivity contribution is 0.278. The van der Waals surface area contributed by atoms with Gasteiger partial charge in [-0.1, -0.05) is 67.4 Å². The Labute approximate surface area is 171 Å². The fraction of sp³-hybridized carbons (Fsp3) is 0.520. The number of rotatable bonds is 6. The summed E-state index contributed by atoms with van der Waals surface area (Å²) in [6.07, 6.45) is 6.80. The van der Waals surface area contributed by atoms with Crippen LogP contribution in [0.3, 0.4) is 0 Å². The van der Waals surface area contributed by atoms with Crippen LogP contribution in [-0.4, -0.2) is 18.9 Å². The molecule has 0 atom stereocenters. The summed E-state index contributed by atoms with van der Waals surface area (Å²) >= 11 is 0. The van der Waals surface area contributed by atoms with Crippen molar-refractivity contribution >= 4 is 9.84 Å². The molecule has 3 heteroatoms. The summed E-state index contributed by atoms with van der Waals surface area (Å²) in [5.74, 6) is 1.46. The predicted molar refractivity (Wildman–Crippen MR) is 119 cm³/mol. The molecule has 2 nitrogen and oxygen atoms in total. The van der Waals surface area contributed by atoms with Crippen molar-refractivity contribution in [1.82, 2.24) is 0 Å². The summed E-state index contributed by atoms with van der Waals surface area (Å²) < 4.78 is 24.3. The first-order valence-electron chi connectivity index (χ1n) is 10.6. The first-order chi connectivity index (χ1) is 13.2. The van der Waals surface area contributed by atoms with Gasteiger partial charge in [0.1, 0.15) is 0 Å². The molecule has 1 aliphatic carbocycles. The van der Waals surface area contributed by atoms with Crippen LogP contribution >= 0.6 is 0 Å². The number of aryl methyl sites for hydroxylation is 1. The summed E-state index contributed by atoms with van der Waals surface area (Å²) in [5.41, 5.74) is 3.93. The van der Waals surface area contributed by atoms with Crippen LogP contribution in [-0.2, 0) is 16.3 Å². The van der Waals surface area contributed by atoms with E-state index in [1.165, 1.54) is 36.0 Å². The second-order valence-corrected chi connectivity index (χ2v) is 12.2. The van der Waals surface area contributed by atoms with Gasteiger partial charge in [-0.2, -0.15) is 0 Å². The highest BCUT2D eigenvalue weighted by Gasteiger charge is 2.33. The molecule has 0 N–H and O–H groups in total. The smallest absolute Gasteiger partial charge is 0.155 e. The Morgan fingerprint density at radius 2 is 1.32 bits per heavy atom. The Morgan fingerprint density at radius 1 is 0.786 bits per heavy atom. The van der Waals surface area contributed by atoms with Gasteiger partial charge in [0.15, 0.2) is 9.84 Å². The van der Waals surface area contributed by atoms with Crippen LogP contribution in [0.5, 0.6) is 0 Å². The number of hydrogen-bond donors (Lipinski definition) is 0. The molecule has 152 valence electrons. The van der Waals surface area contributed by atoms with Gasteiger partial charge in [0.25, 0.3) is 0 Å². The van der Waals surface area contributed by atoms with Crippen molar-refractivity contribution in [3.8, 4) is 11.1 Å². The van der Waals surface area contributed by atoms with Crippen molar-refractivity contribution in [2.24, 2.45) is 11.8 Å². The summed E-state index contributed by atoms with van der Waals surface area (Å²) in [6.45, 7) is 5.45. The first-order valence-corrected chi connectivity index (χ1v) is 12.3. The molecule has 0 aromatic heterocycles. The highest BCUT2D eigenvalue weighted by Crippen LogP contribution is 2.34. The normalized spacial score (nSPS) is 20.8. The Hall–Kier alpha value is -1.61. The minimum absolute atomic E-state index is 0.352. The van der Waals surface area contributed by atoms with E-state index in [0.29, 0.717) is 11.7 Å². The fourth-order valence-corrected chi connectivity index (χ4v) is 5.57. The van der Waals surface area contributed by atoms with E-state index in [1.807, 2.05) is 26.8 Å². The molecule has 0 spiro atoms. The first kappa shape index (κ1) is 21.1. The third kappa shape index (κ3) is 5.47. The van der Waals surface area contributed by atoms with Crippen LogP contribution in [0, 0.1) is 11.8 Å². The monoisotopic (exact) mass is 398 g/mol. The number of benzene rings is 2. The summed E-state index contributed by atoms with van der Waals surface area (Å²) in [6, 6.07) is 19.4. The molecule has 1 saturated carbocycles. The van der Waals surface area contributed by atoms with Gasteiger partial charge in [0.05, 0.1) is 10.5 Å². The lowest BCUT2D eigenvalue weighted by Gasteiger charge is -2.30. The van der Waals surface area contributed by atoms with E-state index in [0.717, 1.165) is 25.2 Å². The quantitative estimate of drug-likeness (QED) is 0.572. The maximum atomic E-state index is 12.4. The third-order valence-electron chi connectivity index (χ3n) is 6.26. The number of sulfone groups is 1. The molecule has 0 heterocycles. The molecule has 1 aliphatic rings. The Kier molecular flexibility index (Phi) is 6.65. The molecule has 0 unspecified atom stereocenters. The molecule has 0 amide bonds. The zero-order chi connectivity index (χ0) is 20.2. The molecule has 2 aromatic carbocycles. The van der Waals surface area contributed by atoms with Crippen molar-refractivity contribution in [3.05, 3.63) is 60.2 Å². The van der Waals surface area contributed by atoms with E-state index in [-0.39, 0.29) is 0 Å². The molecule has 3 rings (SSSR count). The summed E-state index contributed by atoms with van der Waals surface area (Å²) in [4.78, 5) is 0. The Balaban J connectivity index is 1.46. The van der Waals surface area contributed by atoms with Gasteiger partial charge in [-0.25, -0.2) is 8.42 Å². The second kappa shape index (κ2) is 8.82. The molecule has 0 bridgehead atoms. The van der Waals surface area contributed by atoms with E-state index >= 15 is 0 Å². The average Bonchev–Trinajstić information content (AvgIpc) is 2.67. The van der Waals surface area contributed by atoms with Crippen molar-refractivity contribution in [3.63, 3.8) is 0 Å². The van der Waals surface area contributed by atoms with Crippen molar-refractivity contribution in [2.45, 2.75) is 64.0 Å². The van der Waals surface area contributed by atoms with Gasteiger partial charge in [-0.3, -0.25) is 0 Å². The minimum atomic E-state index is -3.00. The van der Waals surface area contributed by atoms with Gasteiger partial charge in [0.2, 0.25) is 0 Å². The third-order valence-corrected chi connectivity index (χ3v) is 9.03. The van der Waals surface area contributed by atoms with Crippen LogP contribution < -0.4 is 0 Å². The topological polar surface area (TPSA) is 34.1 Å². The summed E-state index contributed by atoms with van der Waals surface area (Å²) in [5, 5.41) is 0. The van der Waals surface area contributed by atoms with Crippen molar-refractivity contribution < 1.29 is 8.42 Å². The minimum Gasteiger partial charge on any atom is -0.228 e. The predicted octanol–water partition coefficient (Wildman–Crippen LogP) is 6.31. The van der Waals surface area contributed by atoms with Gasteiger partial charge in [-0.15, -0.1) is 0 Å². The highest BCUT2D eigenvalue weighted by molar-refractivity contribution is 7.92. The molecular weight excluding hydrogens is 364 g/mol. The van der Waals surface area contributed by atoms with Crippen LogP contribution in [0.4, 0.5) is 0 Å². The Morgan fingerprint density at radius 3 is 1.89 bits per heavy atom. The van der Waals surface area contributed by atoms with E-state index in [9.17, 15) is 8.42 Å². The summed E-state index contributed by atoms with van der Waals surface area (Å²) in [7, 11) is -3.00. The highest BCUT2D eigenvalue weighted by atomic mass is 32.2. The number of hydrogen-bond acceptors (Lipinski definition) is 2. The van der Waals surface area contributed by atoms with Crippen LogP contribution in [0.15, 0.2) is 54.6 Å². The lowest BCUT2D eigenvalue weighted by atomic mass is 9.80. The van der Waals surface area contributed by atoms with Gasteiger partial charge >= 0.3 is 0 Å². The van der Waals surface area contributed by atoms with Crippen LogP contribution in [0.1, 0.15) is 58.4 Å². The molecule has 0 radical (unpaired) electrons. The van der Waals surface area contributed by atoms with Gasteiger partial charge in [0, 0.05) is 0 Å². The maximum absolute atomic E-state index is 12.4. The van der Waals surface area contributed by atoms with Crippen molar-refractivity contribution in [2.75, 3.05) is 5.75 Å².